The molecule has 1 aliphatic carbocycles. The molecule has 0 bridgehead atoms. The Bertz CT molecular complexity index is 414. The molecule has 2 unspecified atom stereocenters. The highest BCUT2D eigenvalue weighted by Gasteiger charge is 2.24. The smallest absolute Gasteiger partial charge is 0.223 e. The fourth-order valence-electron chi connectivity index (χ4n) is 4.11. The van der Waals surface area contributed by atoms with E-state index in [0.717, 1.165) is 38.4 Å². The van der Waals surface area contributed by atoms with Crippen molar-refractivity contribution in [2.24, 2.45) is 22.7 Å². The SMILES string of the molecule is CCNC(=NCCNC(=O)C1CCCCC1)N1CC(C)CC(C)C1.I. The Morgan fingerprint density at radius 2 is 1.72 bits per heavy atom. The Kier molecular flexibility index (Phi) is 10.8. The predicted molar refractivity (Wildman–Crippen MR) is 115 cm³/mol. The zero-order chi connectivity index (χ0) is 17.4. The van der Waals surface area contributed by atoms with Crippen LogP contribution in [0.1, 0.15) is 59.3 Å². The summed E-state index contributed by atoms with van der Waals surface area (Å²) in [6.07, 6.45) is 7.10. The fourth-order valence-corrected chi connectivity index (χ4v) is 4.11. The first-order chi connectivity index (χ1) is 11.6. The van der Waals surface area contributed by atoms with Gasteiger partial charge < -0.3 is 15.5 Å². The lowest BCUT2D eigenvalue weighted by atomic mass is 9.89. The number of amides is 1. The zero-order valence-corrected chi connectivity index (χ0v) is 18.6. The number of aliphatic imine (C=N–C) groups is 1. The number of piperidine rings is 1. The Balaban J connectivity index is 0.00000312. The highest BCUT2D eigenvalue weighted by molar-refractivity contribution is 14.0. The van der Waals surface area contributed by atoms with Gasteiger partial charge in [0.05, 0.1) is 6.54 Å². The van der Waals surface area contributed by atoms with Crippen molar-refractivity contribution in [1.29, 1.82) is 0 Å². The molecule has 1 saturated heterocycles. The summed E-state index contributed by atoms with van der Waals surface area (Å²) in [7, 11) is 0. The second kappa shape index (κ2) is 12.0. The molecule has 2 atom stereocenters. The van der Waals surface area contributed by atoms with Crippen molar-refractivity contribution in [3.8, 4) is 0 Å². The van der Waals surface area contributed by atoms with E-state index < -0.39 is 0 Å². The Hall–Kier alpha value is -0.530. The van der Waals surface area contributed by atoms with Crippen molar-refractivity contribution < 1.29 is 4.79 Å². The molecule has 0 aromatic rings. The minimum Gasteiger partial charge on any atom is -0.357 e. The van der Waals surface area contributed by atoms with Crippen molar-refractivity contribution in [3.05, 3.63) is 0 Å². The molecule has 1 aliphatic heterocycles. The average molecular weight is 464 g/mol. The van der Waals surface area contributed by atoms with Crippen LogP contribution in [0, 0.1) is 17.8 Å². The lowest BCUT2D eigenvalue weighted by Crippen LogP contribution is -2.48. The van der Waals surface area contributed by atoms with Crippen LogP contribution in [0.2, 0.25) is 0 Å². The number of nitrogens with zero attached hydrogens (tertiary/aromatic N) is 2. The van der Waals surface area contributed by atoms with E-state index in [1.807, 2.05) is 0 Å². The van der Waals surface area contributed by atoms with Gasteiger partial charge >= 0.3 is 0 Å². The predicted octanol–water partition coefficient (Wildman–Crippen LogP) is 3.24. The van der Waals surface area contributed by atoms with E-state index in [1.165, 1.54) is 25.7 Å². The maximum Gasteiger partial charge on any atom is 0.223 e. The molecule has 2 fully saturated rings. The molecular formula is C19H37IN4O. The number of carbonyl (C=O) groups is 1. The largest absolute Gasteiger partial charge is 0.357 e. The molecule has 0 aromatic heterocycles. The molecule has 2 N–H and O–H groups in total. The second-order valence-corrected chi connectivity index (χ2v) is 7.71. The molecule has 25 heavy (non-hydrogen) atoms. The number of nitrogens with one attached hydrogen (secondary N) is 2. The summed E-state index contributed by atoms with van der Waals surface area (Å²) in [5.74, 6) is 2.89. The molecule has 1 saturated carbocycles. The Morgan fingerprint density at radius 1 is 1.08 bits per heavy atom. The van der Waals surface area contributed by atoms with E-state index in [2.05, 4.69) is 36.3 Å². The van der Waals surface area contributed by atoms with Gasteiger partial charge in [0.25, 0.3) is 0 Å². The summed E-state index contributed by atoms with van der Waals surface area (Å²) in [6.45, 7) is 11.1. The molecule has 1 heterocycles. The molecule has 2 aliphatic rings. The average Bonchev–Trinajstić information content (AvgIpc) is 2.57. The van der Waals surface area contributed by atoms with E-state index in [1.54, 1.807) is 0 Å². The number of carbonyl (C=O) groups excluding carboxylic acids is 1. The summed E-state index contributed by atoms with van der Waals surface area (Å²) < 4.78 is 0. The third kappa shape index (κ3) is 7.71. The lowest BCUT2D eigenvalue weighted by Gasteiger charge is -2.37. The quantitative estimate of drug-likeness (QED) is 0.284. The molecule has 6 heteroatoms. The monoisotopic (exact) mass is 464 g/mol. The van der Waals surface area contributed by atoms with E-state index in [4.69, 9.17) is 4.99 Å². The Labute approximate surface area is 170 Å². The Morgan fingerprint density at radius 3 is 2.32 bits per heavy atom. The third-order valence-electron chi connectivity index (χ3n) is 5.15. The van der Waals surface area contributed by atoms with E-state index >= 15 is 0 Å². The molecule has 0 aromatic carbocycles. The maximum absolute atomic E-state index is 12.2. The first-order valence-corrected chi connectivity index (χ1v) is 9.91. The van der Waals surface area contributed by atoms with Crippen LogP contribution in [0.3, 0.4) is 0 Å². The summed E-state index contributed by atoms with van der Waals surface area (Å²) >= 11 is 0. The van der Waals surface area contributed by atoms with Crippen molar-refractivity contribution in [1.82, 2.24) is 15.5 Å². The molecule has 2 rings (SSSR count). The van der Waals surface area contributed by atoms with Gasteiger partial charge in [-0.05, 0) is 38.0 Å². The van der Waals surface area contributed by atoms with E-state index in [9.17, 15) is 4.79 Å². The minimum absolute atomic E-state index is 0. The third-order valence-corrected chi connectivity index (χ3v) is 5.15. The highest BCUT2D eigenvalue weighted by atomic mass is 127. The lowest BCUT2D eigenvalue weighted by molar-refractivity contribution is -0.125. The number of rotatable bonds is 5. The maximum atomic E-state index is 12.2. The number of likely N-dealkylation sites (tertiary alicyclic amines) is 1. The van der Waals surface area contributed by atoms with Gasteiger partial charge in [0.2, 0.25) is 5.91 Å². The summed E-state index contributed by atoms with van der Waals surface area (Å²) in [5, 5.41) is 6.49. The van der Waals surface area contributed by atoms with Gasteiger partial charge in [-0.2, -0.15) is 0 Å². The zero-order valence-electron chi connectivity index (χ0n) is 16.2. The van der Waals surface area contributed by atoms with Crippen LogP contribution in [0.4, 0.5) is 0 Å². The van der Waals surface area contributed by atoms with Crippen LogP contribution < -0.4 is 10.6 Å². The standard InChI is InChI=1S/C19H36N4O.HI/c1-4-20-19(23-13-15(2)12-16(3)14-23)22-11-10-21-18(24)17-8-6-5-7-9-17;/h15-17H,4-14H2,1-3H3,(H,20,22)(H,21,24);1H. The van der Waals surface area contributed by atoms with Gasteiger partial charge in [-0.1, -0.05) is 33.1 Å². The van der Waals surface area contributed by atoms with Crippen LogP contribution in [-0.2, 0) is 4.79 Å². The van der Waals surface area contributed by atoms with Crippen molar-refractivity contribution in [2.75, 3.05) is 32.7 Å². The normalized spacial score (nSPS) is 25.2. The van der Waals surface area contributed by atoms with Gasteiger partial charge in [-0.15, -0.1) is 24.0 Å². The fraction of sp³-hybridized carbons (Fsp3) is 0.895. The molecule has 146 valence electrons. The van der Waals surface area contributed by atoms with Crippen molar-refractivity contribution in [3.63, 3.8) is 0 Å². The molecule has 0 radical (unpaired) electrons. The van der Waals surface area contributed by atoms with Crippen LogP contribution in [0.25, 0.3) is 0 Å². The molecular weight excluding hydrogens is 427 g/mol. The van der Waals surface area contributed by atoms with Crippen LogP contribution in [0.5, 0.6) is 0 Å². The van der Waals surface area contributed by atoms with Crippen LogP contribution in [-0.4, -0.2) is 49.5 Å². The topological polar surface area (TPSA) is 56.7 Å². The van der Waals surface area contributed by atoms with Crippen LogP contribution >= 0.6 is 24.0 Å². The summed E-state index contributed by atoms with van der Waals surface area (Å²) in [4.78, 5) is 19.3. The number of guanidine groups is 1. The van der Waals surface area contributed by atoms with Crippen LogP contribution in [0.15, 0.2) is 4.99 Å². The van der Waals surface area contributed by atoms with E-state index in [0.29, 0.717) is 24.9 Å². The van der Waals surface area contributed by atoms with Crippen molar-refractivity contribution in [2.45, 2.75) is 59.3 Å². The minimum atomic E-state index is 0. The second-order valence-electron chi connectivity index (χ2n) is 7.71. The summed E-state index contributed by atoms with van der Waals surface area (Å²) in [5.41, 5.74) is 0. The van der Waals surface area contributed by atoms with Gasteiger partial charge in [-0.3, -0.25) is 9.79 Å². The van der Waals surface area contributed by atoms with Gasteiger partial charge in [0, 0.05) is 32.1 Å². The van der Waals surface area contributed by atoms with Gasteiger partial charge in [0.15, 0.2) is 5.96 Å². The van der Waals surface area contributed by atoms with Crippen molar-refractivity contribution >= 4 is 35.8 Å². The summed E-state index contributed by atoms with van der Waals surface area (Å²) in [6, 6.07) is 0. The molecule has 1 amide bonds. The highest BCUT2D eigenvalue weighted by Crippen LogP contribution is 2.23. The van der Waals surface area contributed by atoms with Gasteiger partial charge in [-0.25, -0.2) is 0 Å². The number of hydrogen-bond acceptors (Lipinski definition) is 2. The number of hydrogen-bond donors (Lipinski definition) is 2. The molecule has 0 spiro atoms. The number of halogens is 1. The van der Waals surface area contributed by atoms with Gasteiger partial charge in [0.1, 0.15) is 0 Å². The molecule has 5 nitrogen and oxygen atoms in total. The van der Waals surface area contributed by atoms with E-state index in [-0.39, 0.29) is 35.8 Å². The first kappa shape index (κ1) is 22.5. The first-order valence-electron chi connectivity index (χ1n) is 9.91.